The van der Waals surface area contributed by atoms with Crippen molar-refractivity contribution in [3.63, 3.8) is 0 Å². The standard InChI is InChI=1S/C16H22N2O/c1-13(12-15-8-5-11-19-15)18-10-4-7-14-6-2-3-9-16(14)17/h2-3,5-6,8-9,11,13,18H,4,7,10,12,17H2,1H3. The normalized spacial score (nSPS) is 12.5. The molecule has 0 saturated heterocycles. The summed E-state index contributed by atoms with van der Waals surface area (Å²) in [5.74, 6) is 1.03. The Morgan fingerprint density at radius 3 is 2.79 bits per heavy atom. The number of nitrogens with two attached hydrogens (primary N) is 1. The van der Waals surface area contributed by atoms with Crippen LogP contribution in [0.3, 0.4) is 0 Å². The van der Waals surface area contributed by atoms with Gasteiger partial charge in [0.05, 0.1) is 6.26 Å². The molecule has 1 atom stereocenters. The topological polar surface area (TPSA) is 51.2 Å². The Morgan fingerprint density at radius 1 is 1.21 bits per heavy atom. The summed E-state index contributed by atoms with van der Waals surface area (Å²) in [6.07, 6.45) is 4.77. The van der Waals surface area contributed by atoms with E-state index in [1.807, 2.05) is 30.3 Å². The Labute approximate surface area is 114 Å². The van der Waals surface area contributed by atoms with Gasteiger partial charge >= 0.3 is 0 Å². The molecule has 1 aromatic heterocycles. The van der Waals surface area contributed by atoms with Crippen LogP contribution in [0.5, 0.6) is 0 Å². The van der Waals surface area contributed by atoms with Crippen LogP contribution in [0.1, 0.15) is 24.7 Å². The van der Waals surface area contributed by atoms with Gasteiger partial charge in [0.15, 0.2) is 0 Å². The predicted octanol–water partition coefficient (Wildman–Crippen LogP) is 3.02. The van der Waals surface area contributed by atoms with Crippen molar-refractivity contribution in [3.8, 4) is 0 Å². The summed E-state index contributed by atoms with van der Waals surface area (Å²) < 4.78 is 5.34. The quantitative estimate of drug-likeness (QED) is 0.593. The minimum Gasteiger partial charge on any atom is -0.469 e. The Bertz CT molecular complexity index is 479. The highest BCUT2D eigenvalue weighted by molar-refractivity contribution is 5.46. The molecule has 0 bridgehead atoms. The number of nitrogen functional groups attached to an aromatic ring is 1. The molecule has 3 nitrogen and oxygen atoms in total. The number of anilines is 1. The number of nitrogens with one attached hydrogen (secondary N) is 1. The second-order valence-electron chi connectivity index (χ2n) is 4.94. The van der Waals surface area contributed by atoms with E-state index < -0.39 is 0 Å². The Balaban J connectivity index is 1.65. The number of benzene rings is 1. The predicted molar refractivity (Wildman–Crippen MR) is 79.1 cm³/mol. The first-order valence-electron chi connectivity index (χ1n) is 6.85. The fraction of sp³-hybridized carbons (Fsp3) is 0.375. The minimum atomic E-state index is 0.430. The van der Waals surface area contributed by atoms with Crippen molar-refractivity contribution < 1.29 is 4.42 Å². The molecule has 2 rings (SSSR count). The second-order valence-corrected chi connectivity index (χ2v) is 4.94. The number of aryl methyl sites for hydroxylation is 1. The molecule has 1 aromatic carbocycles. The molecule has 0 aliphatic heterocycles. The third-order valence-corrected chi connectivity index (χ3v) is 3.26. The fourth-order valence-corrected chi connectivity index (χ4v) is 2.19. The summed E-state index contributed by atoms with van der Waals surface area (Å²) >= 11 is 0. The molecule has 1 heterocycles. The van der Waals surface area contributed by atoms with Gasteiger partial charge in [0.1, 0.15) is 5.76 Å². The van der Waals surface area contributed by atoms with Crippen molar-refractivity contribution >= 4 is 5.69 Å². The van der Waals surface area contributed by atoms with Crippen LogP contribution < -0.4 is 11.1 Å². The van der Waals surface area contributed by atoms with Crippen LogP contribution in [0.15, 0.2) is 47.1 Å². The molecular formula is C16H22N2O. The largest absolute Gasteiger partial charge is 0.469 e. The average molecular weight is 258 g/mol. The van der Waals surface area contributed by atoms with E-state index in [4.69, 9.17) is 10.2 Å². The van der Waals surface area contributed by atoms with Gasteiger partial charge in [0.2, 0.25) is 0 Å². The van der Waals surface area contributed by atoms with Crippen molar-refractivity contribution in [1.82, 2.24) is 5.32 Å². The minimum absolute atomic E-state index is 0.430. The van der Waals surface area contributed by atoms with E-state index in [2.05, 4.69) is 18.3 Å². The lowest BCUT2D eigenvalue weighted by Gasteiger charge is -2.12. The maximum atomic E-state index is 5.92. The van der Waals surface area contributed by atoms with Crippen LogP contribution in [0.2, 0.25) is 0 Å². The lowest BCUT2D eigenvalue weighted by Crippen LogP contribution is -2.29. The zero-order valence-corrected chi connectivity index (χ0v) is 11.4. The van der Waals surface area contributed by atoms with Gasteiger partial charge in [-0.1, -0.05) is 18.2 Å². The van der Waals surface area contributed by atoms with E-state index in [0.29, 0.717) is 6.04 Å². The lowest BCUT2D eigenvalue weighted by molar-refractivity contribution is 0.455. The van der Waals surface area contributed by atoms with E-state index in [0.717, 1.165) is 37.3 Å². The maximum Gasteiger partial charge on any atom is 0.105 e. The molecule has 0 saturated carbocycles. The molecule has 3 heteroatoms. The van der Waals surface area contributed by atoms with Crippen LogP contribution in [0, 0.1) is 0 Å². The zero-order chi connectivity index (χ0) is 13.5. The van der Waals surface area contributed by atoms with Crippen molar-refractivity contribution in [3.05, 3.63) is 54.0 Å². The van der Waals surface area contributed by atoms with Gasteiger partial charge in [-0.05, 0) is 50.1 Å². The monoisotopic (exact) mass is 258 g/mol. The summed E-state index contributed by atoms with van der Waals surface area (Å²) in [7, 11) is 0. The zero-order valence-electron chi connectivity index (χ0n) is 11.4. The SMILES string of the molecule is CC(Cc1ccco1)NCCCc1ccccc1N. The number of furan rings is 1. The summed E-state index contributed by atoms with van der Waals surface area (Å²) in [5, 5.41) is 3.51. The molecular weight excluding hydrogens is 236 g/mol. The van der Waals surface area contributed by atoms with E-state index >= 15 is 0 Å². The van der Waals surface area contributed by atoms with E-state index in [1.54, 1.807) is 6.26 Å². The molecule has 0 fully saturated rings. The first-order valence-corrected chi connectivity index (χ1v) is 6.85. The average Bonchev–Trinajstić information content (AvgIpc) is 2.89. The molecule has 19 heavy (non-hydrogen) atoms. The van der Waals surface area contributed by atoms with E-state index in [9.17, 15) is 0 Å². The first kappa shape index (κ1) is 13.7. The molecule has 1 unspecified atom stereocenters. The Hall–Kier alpha value is -1.74. The highest BCUT2D eigenvalue weighted by Gasteiger charge is 2.05. The van der Waals surface area contributed by atoms with Crippen molar-refractivity contribution in [2.75, 3.05) is 12.3 Å². The van der Waals surface area contributed by atoms with Crippen molar-refractivity contribution in [2.24, 2.45) is 0 Å². The summed E-state index contributed by atoms with van der Waals surface area (Å²) in [5.41, 5.74) is 8.05. The molecule has 3 N–H and O–H groups in total. The smallest absolute Gasteiger partial charge is 0.105 e. The molecule has 0 spiro atoms. The van der Waals surface area contributed by atoms with E-state index in [1.165, 1.54) is 5.56 Å². The summed E-state index contributed by atoms with van der Waals surface area (Å²) in [6.45, 7) is 3.18. The molecule has 0 amide bonds. The molecule has 0 aliphatic rings. The van der Waals surface area contributed by atoms with Gasteiger partial charge in [-0.2, -0.15) is 0 Å². The Morgan fingerprint density at radius 2 is 2.05 bits per heavy atom. The lowest BCUT2D eigenvalue weighted by atomic mass is 10.1. The van der Waals surface area contributed by atoms with E-state index in [-0.39, 0.29) is 0 Å². The van der Waals surface area contributed by atoms with Gasteiger partial charge in [0, 0.05) is 18.2 Å². The maximum absolute atomic E-state index is 5.92. The number of hydrogen-bond donors (Lipinski definition) is 2. The van der Waals surface area contributed by atoms with Crippen LogP contribution >= 0.6 is 0 Å². The third-order valence-electron chi connectivity index (χ3n) is 3.26. The molecule has 0 aliphatic carbocycles. The fourth-order valence-electron chi connectivity index (χ4n) is 2.19. The number of hydrogen-bond acceptors (Lipinski definition) is 3. The van der Waals surface area contributed by atoms with Gasteiger partial charge < -0.3 is 15.5 Å². The highest BCUT2D eigenvalue weighted by Crippen LogP contribution is 2.12. The van der Waals surface area contributed by atoms with Crippen molar-refractivity contribution in [1.29, 1.82) is 0 Å². The number of para-hydroxylation sites is 1. The van der Waals surface area contributed by atoms with Crippen molar-refractivity contribution in [2.45, 2.75) is 32.2 Å². The molecule has 2 aromatic rings. The molecule has 102 valence electrons. The van der Waals surface area contributed by atoms with Gasteiger partial charge in [-0.15, -0.1) is 0 Å². The van der Waals surface area contributed by atoms with Crippen LogP contribution in [-0.4, -0.2) is 12.6 Å². The second kappa shape index (κ2) is 7.00. The van der Waals surface area contributed by atoms with Crippen LogP contribution in [-0.2, 0) is 12.8 Å². The number of rotatable bonds is 7. The van der Waals surface area contributed by atoms with Gasteiger partial charge in [-0.25, -0.2) is 0 Å². The highest BCUT2D eigenvalue weighted by atomic mass is 16.3. The van der Waals surface area contributed by atoms with Gasteiger partial charge in [0.25, 0.3) is 0 Å². The summed E-state index contributed by atoms with van der Waals surface area (Å²) in [4.78, 5) is 0. The third kappa shape index (κ3) is 4.45. The summed E-state index contributed by atoms with van der Waals surface area (Å²) in [6, 6.07) is 12.5. The molecule has 0 radical (unpaired) electrons. The van der Waals surface area contributed by atoms with Crippen LogP contribution in [0.25, 0.3) is 0 Å². The Kier molecular flexibility index (Phi) is 5.04. The van der Waals surface area contributed by atoms with Crippen LogP contribution in [0.4, 0.5) is 5.69 Å². The first-order chi connectivity index (χ1) is 9.25. The van der Waals surface area contributed by atoms with Gasteiger partial charge in [-0.3, -0.25) is 0 Å².